The Balaban J connectivity index is 1.01. The number of ether oxygens (including phenoxy) is 8. The van der Waals surface area contributed by atoms with Gasteiger partial charge in [-0.2, -0.15) is 0 Å². The summed E-state index contributed by atoms with van der Waals surface area (Å²) in [5, 5.41) is 151. The quantitative estimate of drug-likeness (QED) is 0.0651. The first-order valence-electron chi connectivity index (χ1n) is 27.3. The normalized spacial score (nSPS) is 52.7. The Hall–Kier alpha value is -1.14. The highest BCUT2D eigenvalue weighted by atomic mass is 16.8. The SMILES string of the molecule is CC(C)=CCC[C@](C)(O[C@H]1O[C@H](CO[C@@H]2OC[C@@H](O)[C@H](O)[C@H]2O)[C@@H](O)[C@H](O)[C@H]1O)[C@H]1CC[C@]2(C)[C@@H]1[C@H](O)C[C@@H]1[C@@]3(C)CC[C@H](O[C@@H]4O[C@H](CO)[C@@H](O)[C@H](O)[C@H]4O[C@@H]4O[C@H](CO)[C@@H](O)[C@H](O)[C@H]4O)C(C)(C)C3CC[C@]12C. The molecule has 4 aliphatic carbocycles. The Labute approximate surface area is 439 Å². The fourth-order valence-electron chi connectivity index (χ4n) is 16.0. The summed E-state index contributed by atoms with van der Waals surface area (Å²) in [7, 11) is 0. The van der Waals surface area contributed by atoms with Gasteiger partial charge in [0.25, 0.3) is 0 Å². The maximum atomic E-state index is 12.8. The first kappa shape index (κ1) is 60.0. The summed E-state index contributed by atoms with van der Waals surface area (Å²) < 4.78 is 48.8. The monoisotopic (exact) mass is 1080 g/mol. The van der Waals surface area contributed by atoms with Crippen molar-refractivity contribution in [2.75, 3.05) is 26.4 Å². The van der Waals surface area contributed by atoms with Gasteiger partial charge < -0.3 is 109 Å². The smallest absolute Gasteiger partial charge is 0.187 e. The Bertz CT molecular complexity index is 1940. The number of rotatable bonds is 15. The zero-order chi connectivity index (χ0) is 55.1. The predicted molar refractivity (Wildman–Crippen MR) is 260 cm³/mol. The molecule has 22 heteroatoms. The van der Waals surface area contributed by atoms with Gasteiger partial charge in [0.2, 0.25) is 0 Å². The summed E-state index contributed by atoms with van der Waals surface area (Å²) in [5.41, 5.74) is -1.48. The number of aliphatic hydroxyl groups is 14. The van der Waals surface area contributed by atoms with Gasteiger partial charge in [-0.15, -0.1) is 0 Å². The van der Waals surface area contributed by atoms with Crippen molar-refractivity contribution in [1.29, 1.82) is 0 Å². The first-order valence-corrected chi connectivity index (χ1v) is 27.3. The zero-order valence-corrected chi connectivity index (χ0v) is 44.7. The lowest BCUT2D eigenvalue weighted by molar-refractivity contribution is -0.378. The Morgan fingerprint density at radius 3 is 1.80 bits per heavy atom. The minimum absolute atomic E-state index is 0.0508. The van der Waals surface area contributed by atoms with Crippen molar-refractivity contribution in [3.05, 3.63) is 11.6 Å². The molecule has 4 aliphatic heterocycles. The number of hydrogen-bond acceptors (Lipinski definition) is 22. The number of allylic oxidation sites excluding steroid dienone is 2. The van der Waals surface area contributed by atoms with E-state index in [1.54, 1.807) is 0 Å². The molecule has 0 aromatic rings. The molecule has 0 spiro atoms. The molecule has 1 unspecified atom stereocenters. The van der Waals surface area contributed by atoms with Gasteiger partial charge in [0, 0.05) is 0 Å². The van der Waals surface area contributed by atoms with Crippen LogP contribution in [0.2, 0.25) is 0 Å². The van der Waals surface area contributed by atoms with E-state index in [1.165, 1.54) is 0 Å². The molecule has 75 heavy (non-hydrogen) atoms. The second kappa shape index (κ2) is 22.7. The maximum absolute atomic E-state index is 12.8. The first-order chi connectivity index (χ1) is 35.1. The van der Waals surface area contributed by atoms with E-state index in [9.17, 15) is 71.5 Å². The minimum atomic E-state index is -1.81. The fourth-order valence-corrected chi connectivity index (χ4v) is 16.0. The van der Waals surface area contributed by atoms with E-state index in [1.807, 2.05) is 20.8 Å². The van der Waals surface area contributed by atoms with Crippen molar-refractivity contribution >= 4 is 0 Å². The predicted octanol–water partition coefficient (Wildman–Crippen LogP) is -1.56. The largest absolute Gasteiger partial charge is 0.394 e. The number of hydrogen-bond donors (Lipinski definition) is 14. The third kappa shape index (κ3) is 10.6. The Morgan fingerprint density at radius 1 is 0.587 bits per heavy atom. The molecular formula is C53H90O22. The van der Waals surface area contributed by atoms with Crippen LogP contribution >= 0.6 is 0 Å². The summed E-state index contributed by atoms with van der Waals surface area (Å²) in [6.45, 7) is 15.1. The van der Waals surface area contributed by atoms with E-state index >= 15 is 0 Å². The highest BCUT2D eigenvalue weighted by molar-refractivity contribution is 5.20. The van der Waals surface area contributed by atoms with Crippen molar-refractivity contribution in [3.8, 4) is 0 Å². The maximum Gasteiger partial charge on any atom is 0.187 e. The van der Waals surface area contributed by atoms with E-state index < -0.39 is 165 Å². The summed E-state index contributed by atoms with van der Waals surface area (Å²) in [4.78, 5) is 0. The molecule has 4 saturated heterocycles. The summed E-state index contributed by atoms with van der Waals surface area (Å²) in [6, 6.07) is 0. The summed E-state index contributed by atoms with van der Waals surface area (Å²) in [6.07, 6.45) is -22.6. The number of fused-ring (bicyclic) bond motifs is 5. The van der Waals surface area contributed by atoms with Crippen molar-refractivity contribution in [1.82, 2.24) is 0 Å². The fraction of sp³-hybridized carbons (Fsp3) is 0.962. The van der Waals surface area contributed by atoms with Gasteiger partial charge in [-0.1, -0.05) is 46.3 Å². The van der Waals surface area contributed by atoms with Crippen molar-refractivity contribution in [2.45, 2.75) is 248 Å². The average Bonchev–Trinajstić information content (AvgIpc) is 3.75. The summed E-state index contributed by atoms with van der Waals surface area (Å²) >= 11 is 0. The zero-order valence-electron chi connectivity index (χ0n) is 44.7. The van der Waals surface area contributed by atoms with Crippen LogP contribution in [0.1, 0.15) is 113 Å². The van der Waals surface area contributed by atoms with Gasteiger partial charge in [-0.25, -0.2) is 0 Å². The highest BCUT2D eigenvalue weighted by Crippen LogP contribution is 2.76. The molecule has 0 aromatic carbocycles. The van der Waals surface area contributed by atoms with E-state index in [2.05, 4.69) is 40.7 Å². The minimum Gasteiger partial charge on any atom is -0.394 e. The van der Waals surface area contributed by atoms with E-state index in [4.69, 9.17) is 37.9 Å². The molecule has 8 fully saturated rings. The average molecular weight is 1080 g/mol. The molecule has 0 radical (unpaired) electrons. The van der Waals surface area contributed by atoms with Crippen LogP contribution in [0.4, 0.5) is 0 Å². The van der Waals surface area contributed by atoms with Crippen LogP contribution in [-0.4, -0.2) is 232 Å². The van der Waals surface area contributed by atoms with E-state index in [-0.39, 0.29) is 41.1 Å². The molecule has 0 amide bonds. The van der Waals surface area contributed by atoms with Crippen molar-refractivity contribution in [3.63, 3.8) is 0 Å². The lowest BCUT2D eigenvalue weighted by Gasteiger charge is -2.71. The van der Waals surface area contributed by atoms with Crippen LogP contribution < -0.4 is 0 Å². The molecule has 22 nitrogen and oxygen atoms in total. The molecule has 0 aromatic heterocycles. The molecule has 4 saturated carbocycles. The van der Waals surface area contributed by atoms with Gasteiger partial charge in [-0.3, -0.25) is 0 Å². The van der Waals surface area contributed by atoms with Crippen LogP contribution in [0.3, 0.4) is 0 Å². The lowest BCUT2D eigenvalue weighted by atomic mass is 9.35. The van der Waals surface area contributed by atoms with Gasteiger partial charge >= 0.3 is 0 Å². The molecule has 434 valence electrons. The van der Waals surface area contributed by atoms with Gasteiger partial charge in [0.1, 0.15) is 91.6 Å². The topological polar surface area (TPSA) is 357 Å². The van der Waals surface area contributed by atoms with E-state index in [0.717, 1.165) is 24.8 Å². The molecule has 4 heterocycles. The van der Waals surface area contributed by atoms with Crippen molar-refractivity contribution < 1.29 is 109 Å². The molecule has 14 N–H and O–H groups in total. The van der Waals surface area contributed by atoms with Gasteiger partial charge in [0.05, 0.1) is 44.2 Å². The molecule has 8 aliphatic rings. The summed E-state index contributed by atoms with van der Waals surface area (Å²) in [5.74, 6) is -0.395. The van der Waals surface area contributed by atoms with Crippen LogP contribution in [0.25, 0.3) is 0 Å². The van der Waals surface area contributed by atoms with Crippen LogP contribution in [0.15, 0.2) is 11.6 Å². The number of aliphatic hydroxyl groups excluding tert-OH is 14. The molecular weight excluding hydrogens is 989 g/mol. The van der Waals surface area contributed by atoms with Gasteiger partial charge in [0.15, 0.2) is 25.2 Å². The van der Waals surface area contributed by atoms with E-state index in [0.29, 0.717) is 38.5 Å². The molecule has 8 rings (SSSR count). The standard InChI is InChI=1S/C53H90O22/c1-23(2)10-9-14-53(8,75-47-43(67)39(63)37(61)29(72-47)22-69-45-41(65)34(58)26(57)21-68-45)24-11-16-52(7)33(24)25(56)18-31-50(5)15-13-32(49(3,4)30(50)12-17-51(31,52)6)73-48-44(40(64)36(60)28(20-55)71-48)74-46-42(66)38(62)35(59)27(19-54)70-46/h10,24-48,54-67H,9,11-22H2,1-8H3/t24-,25+,26+,27+,28+,29+,30?,31+,32-,33-,34-,35+,36+,37+,38-,39-,40-,41+,42+,43+,44+,45-,46-,47+,48-,50-,51+,52+,53-/m0/s1. The molecule has 29 atom stereocenters. The van der Waals surface area contributed by atoms with Crippen molar-refractivity contribution in [2.24, 2.45) is 45.3 Å². The van der Waals surface area contributed by atoms with Crippen LogP contribution in [0.5, 0.6) is 0 Å². The Morgan fingerprint density at radius 2 is 1.16 bits per heavy atom. The highest BCUT2D eigenvalue weighted by Gasteiger charge is 2.72. The second-order valence-corrected chi connectivity index (χ2v) is 25.3. The molecule has 0 bridgehead atoms. The Kier molecular flexibility index (Phi) is 18.1. The van der Waals surface area contributed by atoms with Crippen LogP contribution in [0, 0.1) is 45.3 Å². The third-order valence-corrected chi connectivity index (χ3v) is 20.5. The van der Waals surface area contributed by atoms with Crippen LogP contribution in [-0.2, 0) is 37.9 Å². The third-order valence-electron chi connectivity index (χ3n) is 20.5. The second-order valence-electron chi connectivity index (χ2n) is 25.3. The lowest BCUT2D eigenvalue weighted by Crippen LogP contribution is -2.68. The van der Waals surface area contributed by atoms with Gasteiger partial charge in [-0.05, 0) is 124 Å².